The lowest BCUT2D eigenvalue weighted by Crippen LogP contribution is -1.99. The second kappa shape index (κ2) is 5.31. The van der Waals surface area contributed by atoms with Gasteiger partial charge in [-0.05, 0) is 43.4 Å². The van der Waals surface area contributed by atoms with Gasteiger partial charge < -0.3 is 5.73 Å². The van der Waals surface area contributed by atoms with Gasteiger partial charge in [0.25, 0.3) is 0 Å². The zero-order valence-electron chi connectivity index (χ0n) is 11.5. The number of nitrogens with two attached hydrogens (primary N) is 1. The number of rotatable bonds is 2. The van der Waals surface area contributed by atoms with Gasteiger partial charge >= 0.3 is 0 Å². The highest BCUT2D eigenvalue weighted by Gasteiger charge is 2.20. The van der Waals surface area contributed by atoms with Gasteiger partial charge in [0.05, 0.1) is 0 Å². The maximum atomic E-state index is 6.06. The van der Waals surface area contributed by atoms with Gasteiger partial charge in [0.2, 0.25) is 0 Å². The molecule has 106 valence electrons. The van der Waals surface area contributed by atoms with E-state index in [0.717, 1.165) is 26.9 Å². The summed E-state index contributed by atoms with van der Waals surface area (Å²) in [4.78, 5) is 12.7. The molecule has 3 aromatic rings. The van der Waals surface area contributed by atoms with Crippen LogP contribution < -0.4 is 5.73 Å². The van der Waals surface area contributed by atoms with Gasteiger partial charge in [0.15, 0.2) is 0 Å². The molecule has 21 heavy (non-hydrogen) atoms. The molecule has 0 amide bonds. The summed E-state index contributed by atoms with van der Waals surface area (Å²) < 4.78 is 0. The number of thiophene rings is 1. The van der Waals surface area contributed by atoms with Gasteiger partial charge in [-0.25, -0.2) is 9.97 Å². The van der Waals surface area contributed by atoms with Crippen molar-refractivity contribution in [3.63, 3.8) is 0 Å². The number of para-hydroxylation sites is 1. The maximum Gasteiger partial charge on any atom is 0.128 e. The first-order valence-corrected chi connectivity index (χ1v) is 8.74. The molecular weight excluding hydrogens is 298 g/mol. The Kier molecular flexibility index (Phi) is 3.31. The smallest absolute Gasteiger partial charge is 0.128 e. The average Bonchev–Trinajstić information content (AvgIpc) is 2.89. The molecule has 2 aromatic heterocycles. The van der Waals surface area contributed by atoms with Gasteiger partial charge in [0.1, 0.15) is 16.2 Å². The zero-order valence-corrected chi connectivity index (χ0v) is 13.1. The van der Waals surface area contributed by atoms with Gasteiger partial charge in [-0.2, -0.15) is 0 Å². The van der Waals surface area contributed by atoms with Crippen LogP contribution in [0.3, 0.4) is 0 Å². The van der Waals surface area contributed by atoms with Crippen LogP contribution in [0.15, 0.2) is 40.5 Å². The van der Waals surface area contributed by atoms with Crippen LogP contribution >= 0.6 is 23.1 Å². The fourth-order valence-corrected chi connectivity index (χ4v) is 5.07. The van der Waals surface area contributed by atoms with E-state index in [1.165, 1.54) is 35.1 Å². The number of hydrogen-bond acceptors (Lipinski definition) is 5. The van der Waals surface area contributed by atoms with Crippen LogP contribution in [0.5, 0.6) is 0 Å². The van der Waals surface area contributed by atoms with Crippen LogP contribution in [0.1, 0.15) is 23.3 Å². The SMILES string of the molecule is Nc1ccccc1Sc1ncnc2sc3c(c12)CCCC3. The van der Waals surface area contributed by atoms with Crippen LogP contribution in [0.4, 0.5) is 5.69 Å². The summed E-state index contributed by atoms with van der Waals surface area (Å²) in [5.41, 5.74) is 8.34. The van der Waals surface area contributed by atoms with E-state index in [2.05, 4.69) is 9.97 Å². The summed E-state index contributed by atoms with van der Waals surface area (Å²) in [7, 11) is 0. The van der Waals surface area contributed by atoms with Crippen molar-refractivity contribution in [1.82, 2.24) is 9.97 Å². The monoisotopic (exact) mass is 313 g/mol. The average molecular weight is 313 g/mol. The fraction of sp³-hybridized carbons (Fsp3) is 0.250. The minimum absolute atomic E-state index is 0.804. The predicted octanol–water partition coefficient (Wildman–Crippen LogP) is 4.30. The van der Waals surface area contributed by atoms with E-state index < -0.39 is 0 Å². The van der Waals surface area contributed by atoms with Gasteiger partial charge in [0, 0.05) is 20.8 Å². The van der Waals surface area contributed by atoms with Crippen molar-refractivity contribution in [3.8, 4) is 0 Å². The molecule has 2 N–H and O–H groups in total. The molecule has 0 bridgehead atoms. The third kappa shape index (κ3) is 2.30. The molecule has 0 spiro atoms. The maximum absolute atomic E-state index is 6.06. The van der Waals surface area contributed by atoms with Crippen LogP contribution in [0.2, 0.25) is 0 Å². The van der Waals surface area contributed by atoms with Crippen molar-refractivity contribution in [2.24, 2.45) is 0 Å². The van der Waals surface area contributed by atoms with E-state index >= 15 is 0 Å². The van der Waals surface area contributed by atoms with Crippen molar-refractivity contribution in [3.05, 3.63) is 41.0 Å². The summed E-state index contributed by atoms with van der Waals surface area (Å²) in [5, 5.41) is 2.29. The third-order valence-electron chi connectivity index (χ3n) is 3.84. The van der Waals surface area contributed by atoms with Gasteiger partial charge in [-0.3, -0.25) is 0 Å². The topological polar surface area (TPSA) is 51.8 Å². The molecule has 0 atom stereocenters. The number of aromatic nitrogens is 2. The Morgan fingerprint density at radius 2 is 1.95 bits per heavy atom. The number of aryl methyl sites for hydroxylation is 2. The molecule has 1 aliphatic rings. The Morgan fingerprint density at radius 1 is 1.10 bits per heavy atom. The van der Waals surface area contributed by atoms with Crippen LogP contribution in [0.25, 0.3) is 10.2 Å². The molecule has 3 nitrogen and oxygen atoms in total. The summed E-state index contributed by atoms with van der Waals surface area (Å²) in [6.45, 7) is 0. The standard InChI is InChI=1S/C16H15N3S2/c17-11-6-2-4-8-13(11)21-16-14-10-5-1-3-7-12(10)20-15(14)18-9-19-16/h2,4,6,8-9H,1,3,5,7,17H2. The number of fused-ring (bicyclic) bond motifs is 3. The number of anilines is 1. The third-order valence-corrected chi connectivity index (χ3v) is 6.14. The lowest BCUT2D eigenvalue weighted by atomic mass is 9.97. The molecule has 1 aliphatic carbocycles. The molecule has 0 aliphatic heterocycles. The molecular formula is C16H15N3S2. The molecule has 2 heterocycles. The number of nitrogen functional groups attached to an aromatic ring is 1. The summed E-state index contributed by atoms with van der Waals surface area (Å²) in [5.74, 6) is 0. The van der Waals surface area contributed by atoms with E-state index in [4.69, 9.17) is 5.73 Å². The Hall–Kier alpha value is -1.59. The Balaban J connectivity index is 1.85. The molecule has 5 heteroatoms. The lowest BCUT2D eigenvalue weighted by Gasteiger charge is -2.11. The molecule has 0 unspecified atom stereocenters. The zero-order chi connectivity index (χ0) is 14.2. The van der Waals surface area contributed by atoms with E-state index in [0.29, 0.717) is 0 Å². The van der Waals surface area contributed by atoms with Crippen molar-refractivity contribution >= 4 is 39.0 Å². The first-order valence-electron chi connectivity index (χ1n) is 7.10. The largest absolute Gasteiger partial charge is 0.398 e. The van der Waals surface area contributed by atoms with Gasteiger partial charge in [-0.15, -0.1) is 11.3 Å². The fourth-order valence-electron chi connectivity index (χ4n) is 2.82. The van der Waals surface area contributed by atoms with E-state index in [-0.39, 0.29) is 0 Å². The number of nitrogens with zero attached hydrogens (tertiary/aromatic N) is 2. The first-order chi connectivity index (χ1) is 10.3. The minimum atomic E-state index is 0.804. The number of hydrogen-bond donors (Lipinski definition) is 1. The van der Waals surface area contributed by atoms with E-state index in [9.17, 15) is 0 Å². The van der Waals surface area contributed by atoms with Crippen LogP contribution in [-0.4, -0.2) is 9.97 Å². The van der Waals surface area contributed by atoms with Crippen molar-refractivity contribution in [1.29, 1.82) is 0 Å². The highest BCUT2D eigenvalue weighted by Crippen LogP contribution is 2.41. The number of benzene rings is 1. The molecule has 0 fully saturated rings. The van der Waals surface area contributed by atoms with E-state index in [1.807, 2.05) is 35.6 Å². The summed E-state index contributed by atoms with van der Waals surface area (Å²) in [6, 6.07) is 7.96. The molecule has 1 aromatic carbocycles. The molecule has 0 saturated heterocycles. The molecule has 0 radical (unpaired) electrons. The highest BCUT2D eigenvalue weighted by atomic mass is 32.2. The van der Waals surface area contributed by atoms with Crippen molar-refractivity contribution in [2.75, 3.05) is 5.73 Å². The summed E-state index contributed by atoms with van der Waals surface area (Å²) >= 11 is 3.48. The summed E-state index contributed by atoms with van der Waals surface area (Å²) in [6.07, 6.45) is 6.58. The molecule has 0 saturated carbocycles. The van der Waals surface area contributed by atoms with Crippen LogP contribution in [-0.2, 0) is 12.8 Å². The lowest BCUT2D eigenvalue weighted by molar-refractivity contribution is 0.699. The minimum Gasteiger partial charge on any atom is -0.398 e. The predicted molar refractivity (Wildman–Crippen MR) is 89.0 cm³/mol. The Labute approximate surface area is 131 Å². The quantitative estimate of drug-likeness (QED) is 0.566. The Morgan fingerprint density at radius 3 is 2.86 bits per heavy atom. The second-order valence-corrected chi connectivity index (χ2v) is 7.32. The van der Waals surface area contributed by atoms with Crippen molar-refractivity contribution < 1.29 is 0 Å². The van der Waals surface area contributed by atoms with E-state index in [1.54, 1.807) is 18.1 Å². The van der Waals surface area contributed by atoms with Gasteiger partial charge in [-0.1, -0.05) is 23.9 Å². The Bertz CT molecular complexity index is 810. The normalized spacial score (nSPS) is 14.3. The van der Waals surface area contributed by atoms with Crippen molar-refractivity contribution in [2.45, 2.75) is 35.6 Å². The molecule has 4 rings (SSSR count). The highest BCUT2D eigenvalue weighted by molar-refractivity contribution is 7.99. The van der Waals surface area contributed by atoms with Crippen LogP contribution in [0, 0.1) is 0 Å². The second-order valence-electron chi connectivity index (χ2n) is 5.21. The first kappa shape index (κ1) is 13.1.